The topological polar surface area (TPSA) is 12.0 Å². The molecule has 0 bridgehead atoms. The maximum Gasteiger partial charge on any atom is 0.00320 e. The molecule has 1 aliphatic heterocycles. The molecule has 1 nitrogen and oxygen atoms in total. The second-order valence-electron chi connectivity index (χ2n) is 4.81. The van der Waals surface area contributed by atoms with Crippen LogP contribution in [0.15, 0.2) is 30.3 Å². The zero-order valence-electron chi connectivity index (χ0n) is 8.50. The summed E-state index contributed by atoms with van der Waals surface area (Å²) in [4.78, 5) is 0. The molecule has 14 heavy (non-hydrogen) atoms. The van der Waals surface area contributed by atoms with Crippen molar-refractivity contribution >= 4 is 0 Å². The standard InChI is InChI=1S/C13H17N/c1-2-5-11(6-3-1)12-9-14-10-13(12)7-4-8-13/h1-3,5-6,12,14H,4,7-10H2/t12-/m0/s1. The van der Waals surface area contributed by atoms with E-state index < -0.39 is 0 Å². The largest absolute Gasteiger partial charge is 0.316 e. The van der Waals surface area contributed by atoms with Crippen LogP contribution in [-0.4, -0.2) is 13.1 Å². The summed E-state index contributed by atoms with van der Waals surface area (Å²) in [7, 11) is 0. The Labute approximate surface area is 85.5 Å². The highest BCUT2D eigenvalue weighted by Crippen LogP contribution is 2.53. The first kappa shape index (κ1) is 8.49. The molecule has 1 heterocycles. The van der Waals surface area contributed by atoms with Gasteiger partial charge in [0.2, 0.25) is 0 Å². The van der Waals surface area contributed by atoms with Gasteiger partial charge in [-0.25, -0.2) is 0 Å². The average Bonchev–Trinajstić information content (AvgIpc) is 2.62. The highest BCUT2D eigenvalue weighted by atomic mass is 14.9. The lowest BCUT2D eigenvalue weighted by atomic mass is 9.61. The number of benzene rings is 1. The van der Waals surface area contributed by atoms with E-state index in [2.05, 4.69) is 35.6 Å². The molecule has 2 aliphatic rings. The summed E-state index contributed by atoms with van der Waals surface area (Å²) in [6, 6.07) is 11.0. The SMILES string of the molecule is c1ccc([C@@H]2CNCC23CCC3)cc1. The van der Waals surface area contributed by atoms with Crippen molar-refractivity contribution in [3.63, 3.8) is 0 Å². The Bertz CT molecular complexity index is 313. The third-order valence-corrected chi connectivity index (χ3v) is 4.12. The molecule has 1 aliphatic carbocycles. The number of rotatable bonds is 1. The second-order valence-corrected chi connectivity index (χ2v) is 4.81. The van der Waals surface area contributed by atoms with Crippen molar-refractivity contribution in [2.45, 2.75) is 25.2 Å². The molecule has 1 spiro atoms. The lowest BCUT2D eigenvalue weighted by Crippen LogP contribution is -2.35. The fraction of sp³-hybridized carbons (Fsp3) is 0.538. The molecule has 0 aromatic heterocycles. The second kappa shape index (κ2) is 3.09. The van der Waals surface area contributed by atoms with Crippen molar-refractivity contribution in [2.24, 2.45) is 5.41 Å². The minimum Gasteiger partial charge on any atom is -0.316 e. The van der Waals surface area contributed by atoms with Crippen LogP contribution < -0.4 is 5.32 Å². The quantitative estimate of drug-likeness (QED) is 0.712. The van der Waals surface area contributed by atoms with E-state index >= 15 is 0 Å². The van der Waals surface area contributed by atoms with Crippen LogP contribution in [-0.2, 0) is 0 Å². The van der Waals surface area contributed by atoms with Crippen molar-refractivity contribution in [3.05, 3.63) is 35.9 Å². The van der Waals surface area contributed by atoms with Crippen LogP contribution >= 0.6 is 0 Å². The minimum atomic E-state index is 0.626. The van der Waals surface area contributed by atoms with E-state index in [1.807, 2.05) is 0 Å². The van der Waals surface area contributed by atoms with Gasteiger partial charge in [-0.05, 0) is 23.8 Å². The van der Waals surface area contributed by atoms with E-state index in [-0.39, 0.29) is 0 Å². The minimum absolute atomic E-state index is 0.626. The van der Waals surface area contributed by atoms with Crippen molar-refractivity contribution < 1.29 is 0 Å². The third kappa shape index (κ3) is 1.12. The predicted octanol–water partition coefficient (Wildman–Crippen LogP) is 2.54. The summed E-state index contributed by atoms with van der Waals surface area (Å²) in [6.07, 6.45) is 4.30. The summed E-state index contributed by atoms with van der Waals surface area (Å²) in [6.45, 7) is 2.43. The van der Waals surface area contributed by atoms with Crippen molar-refractivity contribution in [3.8, 4) is 0 Å². The Balaban J connectivity index is 1.91. The fourth-order valence-electron chi connectivity index (χ4n) is 3.12. The van der Waals surface area contributed by atoms with Crippen LogP contribution in [0.4, 0.5) is 0 Å². The summed E-state index contributed by atoms with van der Waals surface area (Å²) in [5.41, 5.74) is 2.17. The molecule has 0 amide bonds. The first-order chi connectivity index (χ1) is 6.91. The van der Waals surface area contributed by atoms with Gasteiger partial charge >= 0.3 is 0 Å². The van der Waals surface area contributed by atoms with Gasteiger partial charge in [-0.1, -0.05) is 36.8 Å². The molecule has 0 unspecified atom stereocenters. The maximum absolute atomic E-state index is 3.56. The molecule has 1 saturated heterocycles. The van der Waals surface area contributed by atoms with Crippen molar-refractivity contribution in [2.75, 3.05) is 13.1 Å². The highest BCUT2D eigenvalue weighted by Gasteiger charge is 2.47. The molecule has 1 heteroatoms. The van der Waals surface area contributed by atoms with Gasteiger partial charge in [-0.2, -0.15) is 0 Å². The van der Waals surface area contributed by atoms with Crippen LogP contribution in [0, 0.1) is 5.41 Å². The third-order valence-electron chi connectivity index (χ3n) is 4.12. The van der Waals surface area contributed by atoms with E-state index in [1.54, 1.807) is 0 Å². The summed E-state index contributed by atoms with van der Waals surface area (Å²) >= 11 is 0. The molecule has 74 valence electrons. The molecular weight excluding hydrogens is 170 g/mol. The van der Waals surface area contributed by atoms with Crippen LogP contribution in [0.25, 0.3) is 0 Å². The van der Waals surface area contributed by atoms with Crippen molar-refractivity contribution in [1.29, 1.82) is 0 Å². The maximum atomic E-state index is 3.56. The van der Waals surface area contributed by atoms with Crippen molar-refractivity contribution in [1.82, 2.24) is 5.32 Å². The Kier molecular flexibility index (Phi) is 1.88. The van der Waals surface area contributed by atoms with Crippen LogP contribution in [0.3, 0.4) is 0 Å². The molecule has 1 N–H and O–H groups in total. The van der Waals surface area contributed by atoms with Gasteiger partial charge in [0.25, 0.3) is 0 Å². The van der Waals surface area contributed by atoms with E-state index in [0.717, 1.165) is 5.92 Å². The Morgan fingerprint density at radius 3 is 2.57 bits per heavy atom. The zero-order valence-corrected chi connectivity index (χ0v) is 8.50. The van der Waals surface area contributed by atoms with E-state index in [9.17, 15) is 0 Å². The van der Waals surface area contributed by atoms with Gasteiger partial charge in [-0.15, -0.1) is 0 Å². The Hall–Kier alpha value is -0.820. The Morgan fingerprint density at radius 1 is 1.14 bits per heavy atom. The first-order valence-electron chi connectivity index (χ1n) is 5.66. The lowest BCUT2D eigenvalue weighted by Gasteiger charge is -2.43. The number of nitrogens with one attached hydrogen (secondary N) is 1. The number of hydrogen-bond acceptors (Lipinski definition) is 1. The van der Waals surface area contributed by atoms with Gasteiger partial charge in [0.15, 0.2) is 0 Å². The molecule has 1 saturated carbocycles. The van der Waals surface area contributed by atoms with E-state index in [0.29, 0.717) is 5.41 Å². The lowest BCUT2D eigenvalue weighted by molar-refractivity contribution is 0.137. The molecule has 0 radical (unpaired) electrons. The normalized spacial score (nSPS) is 29.0. The smallest absolute Gasteiger partial charge is 0.00320 e. The van der Waals surface area contributed by atoms with Gasteiger partial charge in [0, 0.05) is 19.0 Å². The molecule has 1 atom stereocenters. The van der Waals surface area contributed by atoms with Gasteiger partial charge in [-0.3, -0.25) is 0 Å². The van der Waals surface area contributed by atoms with Gasteiger partial charge in [0.05, 0.1) is 0 Å². The fourth-order valence-corrected chi connectivity index (χ4v) is 3.12. The average molecular weight is 187 g/mol. The summed E-state index contributed by atoms with van der Waals surface area (Å²) in [5, 5.41) is 3.56. The molecule has 1 aromatic rings. The van der Waals surface area contributed by atoms with Crippen LogP contribution in [0.2, 0.25) is 0 Å². The Morgan fingerprint density at radius 2 is 1.93 bits per heavy atom. The first-order valence-corrected chi connectivity index (χ1v) is 5.66. The van der Waals surface area contributed by atoms with Crippen LogP contribution in [0.5, 0.6) is 0 Å². The van der Waals surface area contributed by atoms with Gasteiger partial charge in [0.1, 0.15) is 0 Å². The molecule has 2 fully saturated rings. The summed E-state index contributed by atoms with van der Waals surface area (Å²) in [5.74, 6) is 0.775. The highest BCUT2D eigenvalue weighted by molar-refractivity contribution is 5.26. The summed E-state index contributed by atoms with van der Waals surface area (Å²) < 4.78 is 0. The molecule has 1 aromatic carbocycles. The monoisotopic (exact) mass is 187 g/mol. The van der Waals surface area contributed by atoms with Gasteiger partial charge < -0.3 is 5.32 Å². The number of hydrogen-bond donors (Lipinski definition) is 1. The van der Waals surface area contributed by atoms with E-state index in [1.165, 1.54) is 37.9 Å². The van der Waals surface area contributed by atoms with Crippen LogP contribution in [0.1, 0.15) is 30.7 Å². The zero-order chi connectivity index (χ0) is 9.43. The molecule has 3 rings (SSSR count). The predicted molar refractivity (Wildman–Crippen MR) is 58.3 cm³/mol. The molecular formula is C13H17N. The van der Waals surface area contributed by atoms with E-state index in [4.69, 9.17) is 0 Å².